The van der Waals surface area contributed by atoms with E-state index in [-0.39, 0.29) is 34.0 Å². The summed E-state index contributed by atoms with van der Waals surface area (Å²) in [5.74, 6) is -2.31. The first-order valence-corrected chi connectivity index (χ1v) is 11.1. The van der Waals surface area contributed by atoms with Gasteiger partial charge >= 0.3 is 23.5 Å². The molecule has 0 bridgehead atoms. The summed E-state index contributed by atoms with van der Waals surface area (Å²) in [6.45, 7) is 0. The average Bonchev–Trinajstić information content (AvgIpc) is 3.57. The van der Waals surface area contributed by atoms with Crippen LogP contribution in [0.2, 0.25) is 0 Å². The lowest BCUT2D eigenvalue weighted by atomic mass is 9.93. The number of hydrogen-bond acceptors (Lipinski definition) is 10. The fourth-order valence-corrected chi connectivity index (χ4v) is 4.39. The highest BCUT2D eigenvalue weighted by Gasteiger charge is 2.46. The first-order valence-electron chi connectivity index (χ1n) is 11.1. The minimum atomic E-state index is -1.21. The Bertz CT molecular complexity index is 1570. The van der Waals surface area contributed by atoms with Gasteiger partial charge in [0, 0.05) is 5.56 Å². The van der Waals surface area contributed by atoms with Gasteiger partial charge in [-0.15, -0.1) is 0 Å². The van der Waals surface area contributed by atoms with E-state index < -0.39 is 35.6 Å². The summed E-state index contributed by atoms with van der Waals surface area (Å²) in [5.41, 5.74) is 0.330. The van der Waals surface area contributed by atoms with Crippen LogP contribution in [0.1, 0.15) is 38.0 Å². The van der Waals surface area contributed by atoms with E-state index in [0.717, 1.165) is 0 Å². The van der Waals surface area contributed by atoms with Crippen molar-refractivity contribution in [2.75, 3.05) is 21.3 Å². The molecule has 0 radical (unpaired) electrons. The predicted molar refractivity (Wildman–Crippen MR) is 128 cm³/mol. The number of carbonyl (C=O) groups excluding carboxylic acids is 3. The van der Waals surface area contributed by atoms with Crippen LogP contribution in [0.3, 0.4) is 0 Å². The van der Waals surface area contributed by atoms with Gasteiger partial charge < -0.3 is 27.8 Å². The topological polar surface area (TPSA) is 131 Å². The molecule has 0 aliphatic carbocycles. The third-order valence-electron chi connectivity index (χ3n) is 6.08. The van der Waals surface area contributed by atoms with E-state index in [4.69, 9.17) is 27.8 Å². The molecule has 1 aliphatic heterocycles. The van der Waals surface area contributed by atoms with Crippen LogP contribution in [0, 0.1) is 0 Å². The van der Waals surface area contributed by atoms with Crippen LogP contribution in [0.15, 0.2) is 68.2 Å². The SMILES string of the molecule is COC(=O)c1cc(C(=O)OC)cc(-c2ccc([C@@H]3c4c(c5ccccc5oc4=O)O[C@H]3C(=O)OC)o2)c1. The lowest BCUT2D eigenvalue weighted by Crippen LogP contribution is -2.31. The molecular weight excluding hydrogens is 484 g/mol. The van der Waals surface area contributed by atoms with Gasteiger partial charge in [0.15, 0.2) is 0 Å². The van der Waals surface area contributed by atoms with Crippen LogP contribution >= 0.6 is 0 Å². The molecule has 2 aromatic heterocycles. The third kappa shape index (κ3) is 4.02. The van der Waals surface area contributed by atoms with Crippen molar-refractivity contribution < 1.29 is 42.2 Å². The maximum Gasteiger partial charge on any atom is 0.348 e. The standard InChI is InChI=1S/C27H20O10/c1-32-24(28)14-10-13(11-15(12-14)25(29)33-2)17-8-9-19(35-17)20-21-22(37-23(20)27(31)34-3)16-6-4-5-7-18(16)36-26(21)30/h4-12,20,23H,1-3H3/t20-,23-/m1/s1. The average molecular weight is 504 g/mol. The molecule has 188 valence electrons. The van der Waals surface area contributed by atoms with Gasteiger partial charge in [0.05, 0.1) is 43.4 Å². The van der Waals surface area contributed by atoms with Gasteiger partial charge in [-0.3, -0.25) is 0 Å². The highest BCUT2D eigenvalue weighted by Crippen LogP contribution is 2.45. The Hall–Kier alpha value is -4.86. The van der Waals surface area contributed by atoms with Crippen molar-refractivity contribution in [3.8, 4) is 17.1 Å². The first kappa shape index (κ1) is 23.9. The summed E-state index contributed by atoms with van der Waals surface area (Å²) in [6.07, 6.45) is -1.21. The number of furan rings is 1. The van der Waals surface area contributed by atoms with Crippen molar-refractivity contribution in [2.24, 2.45) is 0 Å². The normalized spacial score (nSPS) is 16.1. The van der Waals surface area contributed by atoms with E-state index in [0.29, 0.717) is 16.5 Å². The minimum absolute atomic E-state index is 0.104. The quantitative estimate of drug-likeness (QED) is 0.225. The molecule has 0 spiro atoms. The zero-order valence-corrected chi connectivity index (χ0v) is 19.9. The first-order chi connectivity index (χ1) is 17.9. The smallest absolute Gasteiger partial charge is 0.348 e. The van der Waals surface area contributed by atoms with Gasteiger partial charge in [0.2, 0.25) is 6.10 Å². The van der Waals surface area contributed by atoms with E-state index in [9.17, 15) is 19.2 Å². The Morgan fingerprint density at radius 2 is 1.49 bits per heavy atom. The second kappa shape index (κ2) is 9.30. The van der Waals surface area contributed by atoms with E-state index in [2.05, 4.69) is 0 Å². The van der Waals surface area contributed by atoms with Crippen molar-refractivity contribution in [1.29, 1.82) is 0 Å². The summed E-state index contributed by atoms with van der Waals surface area (Å²) in [7, 11) is 3.65. The fourth-order valence-electron chi connectivity index (χ4n) is 4.39. The molecule has 0 unspecified atom stereocenters. The van der Waals surface area contributed by atoms with Gasteiger partial charge in [-0.1, -0.05) is 12.1 Å². The van der Waals surface area contributed by atoms with Crippen LogP contribution in [-0.2, 0) is 19.0 Å². The molecule has 0 saturated carbocycles. The monoisotopic (exact) mass is 504 g/mol. The fraction of sp³-hybridized carbons (Fsp3) is 0.185. The molecule has 2 atom stereocenters. The van der Waals surface area contributed by atoms with Crippen LogP contribution in [0.25, 0.3) is 22.3 Å². The molecule has 2 aromatic carbocycles. The lowest BCUT2D eigenvalue weighted by molar-refractivity contribution is -0.148. The van der Waals surface area contributed by atoms with Crippen molar-refractivity contribution >= 4 is 28.9 Å². The lowest BCUT2D eigenvalue weighted by Gasteiger charge is -2.14. The molecule has 0 N–H and O–H groups in total. The predicted octanol–water partition coefficient (Wildman–Crippen LogP) is 3.69. The largest absolute Gasteiger partial charge is 0.476 e. The van der Waals surface area contributed by atoms with Crippen molar-refractivity contribution in [2.45, 2.75) is 12.0 Å². The molecule has 4 aromatic rings. The van der Waals surface area contributed by atoms with Gasteiger partial charge in [-0.25, -0.2) is 19.2 Å². The Morgan fingerprint density at radius 1 is 0.811 bits per heavy atom. The maximum atomic E-state index is 13.0. The molecule has 1 aliphatic rings. The second-order valence-corrected chi connectivity index (χ2v) is 8.15. The summed E-state index contributed by atoms with van der Waals surface area (Å²) < 4.78 is 32.0. The summed E-state index contributed by atoms with van der Waals surface area (Å²) >= 11 is 0. The molecule has 0 fully saturated rings. The Kier molecular flexibility index (Phi) is 6.00. The van der Waals surface area contributed by atoms with Gasteiger partial charge in [-0.2, -0.15) is 0 Å². The number of esters is 3. The molecule has 0 amide bonds. The van der Waals surface area contributed by atoms with E-state index in [1.165, 1.54) is 39.5 Å². The molecule has 37 heavy (non-hydrogen) atoms. The Morgan fingerprint density at radius 3 is 2.14 bits per heavy atom. The molecule has 10 nitrogen and oxygen atoms in total. The van der Waals surface area contributed by atoms with Gasteiger partial charge in [0.1, 0.15) is 28.8 Å². The number of hydrogen-bond donors (Lipinski definition) is 0. The second-order valence-electron chi connectivity index (χ2n) is 8.15. The van der Waals surface area contributed by atoms with E-state index in [1.54, 1.807) is 36.4 Å². The highest BCUT2D eigenvalue weighted by atomic mass is 16.6. The van der Waals surface area contributed by atoms with Crippen LogP contribution < -0.4 is 10.4 Å². The molecule has 0 saturated heterocycles. The molecular formula is C27H20O10. The molecule has 10 heteroatoms. The van der Waals surface area contributed by atoms with E-state index in [1.807, 2.05) is 0 Å². The van der Waals surface area contributed by atoms with Crippen molar-refractivity contribution in [1.82, 2.24) is 0 Å². The number of methoxy groups -OCH3 is 3. The Balaban J connectivity index is 1.65. The number of carbonyl (C=O) groups is 3. The van der Waals surface area contributed by atoms with Crippen molar-refractivity contribution in [3.63, 3.8) is 0 Å². The third-order valence-corrected chi connectivity index (χ3v) is 6.08. The zero-order valence-electron chi connectivity index (χ0n) is 19.9. The zero-order chi connectivity index (χ0) is 26.3. The Labute approximate surface area is 209 Å². The van der Waals surface area contributed by atoms with Crippen LogP contribution in [0.5, 0.6) is 5.75 Å². The summed E-state index contributed by atoms with van der Waals surface area (Å²) in [4.78, 5) is 50.1. The number of fused-ring (bicyclic) bond motifs is 3. The number of rotatable bonds is 5. The number of para-hydroxylation sites is 1. The van der Waals surface area contributed by atoms with Gasteiger partial charge in [0.25, 0.3) is 0 Å². The van der Waals surface area contributed by atoms with Gasteiger partial charge in [-0.05, 0) is 42.5 Å². The number of benzene rings is 2. The summed E-state index contributed by atoms with van der Waals surface area (Å²) in [6, 6.07) is 14.3. The van der Waals surface area contributed by atoms with Crippen molar-refractivity contribution in [3.05, 3.63) is 87.5 Å². The van der Waals surface area contributed by atoms with Crippen LogP contribution in [-0.4, -0.2) is 45.3 Å². The van der Waals surface area contributed by atoms with E-state index >= 15 is 0 Å². The summed E-state index contributed by atoms with van der Waals surface area (Å²) in [5, 5.41) is 0.522. The molecule has 5 rings (SSSR count). The highest BCUT2D eigenvalue weighted by molar-refractivity contribution is 5.97. The molecule has 3 heterocycles. The van der Waals surface area contributed by atoms with Crippen LogP contribution in [0.4, 0.5) is 0 Å². The minimum Gasteiger partial charge on any atom is -0.476 e. The number of ether oxygens (including phenoxy) is 4. The maximum absolute atomic E-state index is 13.0.